The summed E-state index contributed by atoms with van der Waals surface area (Å²) in [5, 5.41) is 37.5. The van der Waals surface area contributed by atoms with Crippen LogP contribution in [0.3, 0.4) is 0 Å². The number of allylic oxidation sites excluding steroid dienone is 4. The molecule has 1 aliphatic heterocycles. The van der Waals surface area contributed by atoms with Crippen LogP contribution in [-0.2, 0) is 16.8 Å². The van der Waals surface area contributed by atoms with Crippen molar-refractivity contribution in [2.24, 2.45) is 33.5 Å². The van der Waals surface area contributed by atoms with Crippen LogP contribution in [0.1, 0.15) is 88.3 Å². The lowest BCUT2D eigenvalue weighted by molar-refractivity contribution is -0.181. The van der Waals surface area contributed by atoms with E-state index in [9.17, 15) is 20.1 Å². The van der Waals surface area contributed by atoms with Crippen molar-refractivity contribution in [2.75, 3.05) is 13.1 Å². The summed E-state index contributed by atoms with van der Waals surface area (Å²) in [5.41, 5.74) is -1.48. The zero-order chi connectivity index (χ0) is 37.7. The number of aliphatic hydroxyl groups is 3. The molecule has 54 heavy (non-hydrogen) atoms. The third-order valence-corrected chi connectivity index (χ3v) is 16.5. The minimum absolute atomic E-state index is 0.0264. The molecular formula is C47H53ClFNO4. The summed E-state index contributed by atoms with van der Waals surface area (Å²) >= 11 is 6.52. The highest BCUT2D eigenvalue weighted by atomic mass is 35.5. The van der Waals surface area contributed by atoms with E-state index in [0.29, 0.717) is 19.4 Å². The van der Waals surface area contributed by atoms with E-state index in [1.807, 2.05) is 60.7 Å². The summed E-state index contributed by atoms with van der Waals surface area (Å²) < 4.78 is 15.2. The predicted octanol–water partition coefficient (Wildman–Crippen LogP) is 8.58. The molecule has 3 saturated carbocycles. The molecule has 6 aliphatic carbocycles. The molecule has 7 heteroatoms. The second-order valence-electron chi connectivity index (χ2n) is 18.2. The molecule has 3 N–H and O–H groups in total. The van der Waals surface area contributed by atoms with Gasteiger partial charge in [-0.3, -0.25) is 9.69 Å². The first-order chi connectivity index (χ1) is 25.8. The number of fused-ring (bicyclic) bond motifs is 1. The Morgan fingerprint density at radius 3 is 2.20 bits per heavy atom. The van der Waals surface area contributed by atoms with E-state index in [2.05, 4.69) is 37.0 Å². The van der Waals surface area contributed by atoms with Gasteiger partial charge in [-0.2, -0.15) is 0 Å². The Labute approximate surface area is 323 Å². The molecule has 1 heterocycles. The van der Waals surface area contributed by atoms with Gasteiger partial charge in [-0.25, -0.2) is 4.39 Å². The monoisotopic (exact) mass is 749 g/mol. The Morgan fingerprint density at radius 1 is 0.870 bits per heavy atom. The van der Waals surface area contributed by atoms with Crippen LogP contribution in [0.15, 0.2) is 103 Å². The number of likely N-dealkylation sites (tertiary alicyclic amines) is 1. The summed E-state index contributed by atoms with van der Waals surface area (Å²) in [5.74, 6) is -0.480. The fourth-order valence-corrected chi connectivity index (χ4v) is 13.6. The standard InChI is InChI=1S/C47H53ClFNO4/c1-42-21-18-33(51)28-44(42)24-25-46(35(29-44)38(52)27-34-36(48)15-9-16-37(34)49)39(42)19-22-43(2)40(46)20-23-45(43,53)30-50-26-10-17-41(50)47(54,31-11-5-3-6-12-31)32-13-7-4-8-14-32/h3-9,11-16,24-25,29,33,39-41,51,53-54H,10,17-23,26-28,30H2,1-2H3/t33?,39-,40-,41-,42-,43+,44+,45-,46-/m1/s1. The van der Waals surface area contributed by atoms with E-state index in [4.69, 9.17) is 11.6 Å². The Kier molecular flexibility index (Phi) is 8.58. The molecule has 3 aromatic rings. The number of hydrogen-bond acceptors (Lipinski definition) is 5. The highest BCUT2D eigenvalue weighted by Gasteiger charge is 2.74. The zero-order valence-electron chi connectivity index (χ0n) is 31.5. The SMILES string of the molecule is C[C@]12CC[C@H]3[C@]4(C=C[C@@]5(C=C4C(=O)Cc4c(F)cccc4Cl)CC(O)CC[C@]35C)[C@@H]1CC[C@@]2(O)CN1CCC[C@@H]1C(O)(c1ccccc1)c1ccccc1. The van der Waals surface area contributed by atoms with Gasteiger partial charge < -0.3 is 15.3 Å². The quantitative estimate of drug-likeness (QED) is 0.201. The lowest BCUT2D eigenvalue weighted by atomic mass is 9.32. The molecule has 2 bridgehead atoms. The third kappa shape index (κ3) is 4.92. The van der Waals surface area contributed by atoms with Gasteiger partial charge in [-0.05, 0) is 105 Å². The second-order valence-corrected chi connectivity index (χ2v) is 18.6. The van der Waals surface area contributed by atoms with Crippen LogP contribution in [0.25, 0.3) is 0 Å². The highest BCUT2D eigenvalue weighted by Crippen LogP contribution is 2.78. The van der Waals surface area contributed by atoms with Crippen molar-refractivity contribution in [3.8, 4) is 0 Å². The third-order valence-electron chi connectivity index (χ3n) is 16.1. The number of rotatable bonds is 8. The van der Waals surface area contributed by atoms with Gasteiger partial charge in [0.25, 0.3) is 0 Å². The van der Waals surface area contributed by atoms with E-state index in [1.165, 1.54) is 6.07 Å². The number of hydrogen-bond donors (Lipinski definition) is 3. The Balaban J connectivity index is 1.11. The minimum Gasteiger partial charge on any atom is -0.393 e. The number of ketones is 1. The maximum atomic E-state index is 15.2. The van der Waals surface area contributed by atoms with E-state index < -0.39 is 39.4 Å². The van der Waals surface area contributed by atoms with Crippen molar-refractivity contribution in [1.29, 1.82) is 0 Å². The lowest BCUT2D eigenvalue weighted by Gasteiger charge is -2.71. The van der Waals surface area contributed by atoms with Crippen LogP contribution in [0.2, 0.25) is 5.02 Å². The number of carbonyl (C=O) groups excluding carboxylic acids is 1. The van der Waals surface area contributed by atoms with Gasteiger partial charge in [0, 0.05) is 51.4 Å². The van der Waals surface area contributed by atoms with Crippen molar-refractivity contribution in [1.82, 2.24) is 4.90 Å². The minimum atomic E-state index is -1.26. The molecule has 1 saturated heterocycles. The summed E-state index contributed by atoms with van der Waals surface area (Å²) in [6.07, 6.45) is 13.1. The van der Waals surface area contributed by atoms with Crippen LogP contribution < -0.4 is 0 Å². The predicted molar refractivity (Wildman–Crippen MR) is 209 cm³/mol. The van der Waals surface area contributed by atoms with E-state index in [0.717, 1.165) is 68.2 Å². The number of β-amino-alcohol motifs (C(OH)–C–C–N with tert-alkyl or cyclic N) is 1. The van der Waals surface area contributed by atoms with Gasteiger partial charge in [0.15, 0.2) is 5.78 Å². The van der Waals surface area contributed by atoms with Crippen LogP contribution in [-0.4, -0.2) is 56.8 Å². The van der Waals surface area contributed by atoms with E-state index >= 15 is 4.39 Å². The van der Waals surface area contributed by atoms with E-state index in [1.54, 1.807) is 12.1 Å². The van der Waals surface area contributed by atoms with Crippen LogP contribution in [0.4, 0.5) is 4.39 Å². The number of nitrogens with zero attached hydrogens (tertiary/aromatic N) is 1. The maximum absolute atomic E-state index is 15.2. The van der Waals surface area contributed by atoms with Crippen molar-refractivity contribution in [3.63, 3.8) is 0 Å². The van der Waals surface area contributed by atoms with E-state index in [-0.39, 0.29) is 46.1 Å². The van der Waals surface area contributed by atoms with Crippen molar-refractivity contribution >= 4 is 17.4 Å². The molecule has 10 rings (SSSR count). The molecule has 1 unspecified atom stereocenters. The molecule has 7 aliphatic rings. The van der Waals surface area contributed by atoms with Gasteiger partial charge in [0.2, 0.25) is 0 Å². The molecule has 9 atom stereocenters. The molecule has 0 radical (unpaired) electrons. The lowest BCUT2D eigenvalue weighted by Crippen LogP contribution is -2.67. The first-order valence-electron chi connectivity index (χ1n) is 20.2. The summed E-state index contributed by atoms with van der Waals surface area (Å²) in [6, 6.07) is 24.2. The Hall–Kier alpha value is -3.13. The molecule has 4 fully saturated rings. The second kappa shape index (κ2) is 12.7. The van der Waals surface area contributed by atoms with Crippen LogP contribution in [0.5, 0.6) is 0 Å². The summed E-state index contributed by atoms with van der Waals surface area (Å²) in [7, 11) is 0. The first kappa shape index (κ1) is 36.5. The zero-order valence-corrected chi connectivity index (χ0v) is 32.2. The molecule has 0 aromatic heterocycles. The Morgan fingerprint density at radius 2 is 1.52 bits per heavy atom. The van der Waals surface area contributed by atoms with Crippen molar-refractivity contribution in [3.05, 3.63) is 130 Å². The molecule has 3 aromatic carbocycles. The smallest absolute Gasteiger partial charge is 0.164 e. The topological polar surface area (TPSA) is 81.0 Å². The Bertz CT molecular complexity index is 1960. The molecule has 0 amide bonds. The molecule has 2 spiro atoms. The average molecular weight is 750 g/mol. The molecule has 5 nitrogen and oxygen atoms in total. The van der Waals surface area contributed by atoms with Crippen LogP contribution in [0, 0.1) is 39.3 Å². The summed E-state index contributed by atoms with van der Waals surface area (Å²) in [6.45, 7) is 5.84. The first-order valence-corrected chi connectivity index (χ1v) is 20.6. The number of aliphatic hydroxyl groups excluding tert-OH is 1. The fourth-order valence-electron chi connectivity index (χ4n) is 13.4. The van der Waals surface area contributed by atoms with Gasteiger partial charge in [-0.1, -0.05) is 110 Å². The number of benzene rings is 3. The van der Waals surface area contributed by atoms with Crippen molar-refractivity contribution < 1.29 is 24.5 Å². The van der Waals surface area contributed by atoms with Gasteiger partial charge in [0.1, 0.15) is 11.4 Å². The summed E-state index contributed by atoms with van der Waals surface area (Å²) in [4.78, 5) is 17.2. The number of Topliss-reactive ketones (excluding diaryl/α,β-unsaturated/α-hetero) is 1. The fraction of sp³-hybridized carbons (Fsp3) is 0.511. The normalized spacial score (nSPS) is 38.5. The molecule has 284 valence electrons. The number of halogens is 2. The highest BCUT2D eigenvalue weighted by molar-refractivity contribution is 6.31. The van der Waals surface area contributed by atoms with Gasteiger partial charge in [-0.15, -0.1) is 0 Å². The maximum Gasteiger partial charge on any atom is 0.164 e. The molecular weight excluding hydrogens is 697 g/mol. The largest absolute Gasteiger partial charge is 0.393 e. The van der Waals surface area contributed by atoms with Crippen molar-refractivity contribution in [2.45, 2.75) is 101 Å². The van der Waals surface area contributed by atoms with Gasteiger partial charge in [0.05, 0.1) is 11.7 Å². The van der Waals surface area contributed by atoms with Gasteiger partial charge >= 0.3 is 0 Å². The number of carbonyl (C=O) groups is 1. The van der Waals surface area contributed by atoms with Crippen LogP contribution >= 0.6 is 11.6 Å². The average Bonchev–Trinajstić information content (AvgIpc) is 3.74.